The normalized spacial score (nSPS) is 22.6. The van der Waals surface area contributed by atoms with Gasteiger partial charge in [0.2, 0.25) is 10.0 Å². The van der Waals surface area contributed by atoms with Crippen molar-refractivity contribution in [2.75, 3.05) is 0 Å². The van der Waals surface area contributed by atoms with Gasteiger partial charge in [-0.2, -0.15) is 4.72 Å². The Kier molecular flexibility index (Phi) is 5.82. The predicted molar refractivity (Wildman–Crippen MR) is 127 cm³/mol. The summed E-state index contributed by atoms with van der Waals surface area (Å²) in [7, 11) is -4.06. The molecule has 5 rings (SSSR count). The van der Waals surface area contributed by atoms with E-state index in [1.807, 2.05) is 24.3 Å². The van der Waals surface area contributed by atoms with E-state index in [-0.39, 0.29) is 23.3 Å². The van der Waals surface area contributed by atoms with Crippen LogP contribution in [0.2, 0.25) is 10.0 Å². The molecule has 1 saturated carbocycles. The summed E-state index contributed by atoms with van der Waals surface area (Å²) in [5.41, 5.74) is 2.96. The molecule has 0 radical (unpaired) electrons. The average Bonchev–Trinajstić information content (AvgIpc) is 3.24. The highest BCUT2D eigenvalue weighted by Gasteiger charge is 2.74. The Bertz CT molecular complexity index is 1380. The van der Waals surface area contributed by atoms with E-state index in [2.05, 4.69) is 4.72 Å². The molecule has 0 unspecified atom stereocenters. The zero-order valence-electron chi connectivity index (χ0n) is 17.7. The minimum atomic E-state index is -4.06. The van der Waals surface area contributed by atoms with Crippen molar-refractivity contribution in [3.63, 3.8) is 0 Å². The van der Waals surface area contributed by atoms with Gasteiger partial charge in [-0.05, 0) is 53.9 Å². The fourth-order valence-corrected chi connectivity index (χ4v) is 6.74. The van der Waals surface area contributed by atoms with Gasteiger partial charge >= 0.3 is 0 Å². The highest BCUT2D eigenvalue weighted by molar-refractivity contribution is 7.89. The minimum Gasteiger partial charge on any atom is -0.489 e. The lowest BCUT2D eigenvalue weighted by Crippen LogP contribution is -2.51. The first-order chi connectivity index (χ1) is 16.3. The molecular weight excluding hydrogens is 499 g/mol. The maximum atomic E-state index is 13.2. The summed E-state index contributed by atoms with van der Waals surface area (Å²) in [5, 5.41) is 10.3. The van der Waals surface area contributed by atoms with Crippen LogP contribution >= 0.6 is 23.2 Å². The van der Waals surface area contributed by atoms with Crippen LogP contribution in [0.5, 0.6) is 5.75 Å². The second-order valence-electron chi connectivity index (χ2n) is 8.40. The number of amides is 1. The first-order valence-electron chi connectivity index (χ1n) is 10.5. The molecule has 3 aromatic carbocycles. The zero-order valence-corrected chi connectivity index (χ0v) is 20.0. The van der Waals surface area contributed by atoms with Crippen LogP contribution in [-0.2, 0) is 27.8 Å². The summed E-state index contributed by atoms with van der Waals surface area (Å²) in [4.78, 5) is 12.6. The number of fused-ring (bicyclic) bond motifs is 3. The number of nitrogens with one attached hydrogen (secondary N) is 2. The van der Waals surface area contributed by atoms with E-state index in [0.29, 0.717) is 22.2 Å². The lowest BCUT2D eigenvalue weighted by Gasteiger charge is -2.21. The van der Waals surface area contributed by atoms with E-state index in [4.69, 9.17) is 27.9 Å². The number of benzene rings is 3. The second-order valence-corrected chi connectivity index (χ2v) is 10.9. The smallest absolute Gasteiger partial charge is 0.265 e. The molecule has 0 aromatic heterocycles. The Morgan fingerprint density at radius 1 is 1.09 bits per heavy atom. The number of hydroxylamine groups is 1. The maximum Gasteiger partial charge on any atom is 0.265 e. The lowest BCUT2D eigenvalue weighted by atomic mass is 9.98. The average molecular weight is 519 g/mol. The Morgan fingerprint density at radius 2 is 1.82 bits per heavy atom. The third kappa shape index (κ3) is 3.85. The first-order valence-corrected chi connectivity index (χ1v) is 12.7. The molecule has 3 atom stereocenters. The summed E-state index contributed by atoms with van der Waals surface area (Å²) < 4.78 is 34.6. The van der Waals surface area contributed by atoms with Crippen molar-refractivity contribution in [3.05, 3.63) is 93.5 Å². The number of carbonyl (C=O) groups is 1. The van der Waals surface area contributed by atoms with Crippen molar-refractivity contribution in [2.24, 2.45) is 5.92 Å². The second kappa shape index (κ2) is 8.55. The zero-order chi connectivity index (χ0) is 24.1. The van der Waals surface area contributed by atoms with E-state index in [1.165, 1.54) is 24.3 Å². The number of hydrogen-bond donors (Lipinski definition) is 3. The highest BCUT2D eigenvalue weighted by atomic mass is 35.5. The topological polar surface area (TPSA) is 105 Å². The van der Waals surface area contributed by atoms with E-state index in [0.717, 1.165) is 16.7 Å². The van der Waals surface area contributed by atoms with Crippen LogP contribution in [0.15, 0.2) is 71.6 Å². The number of halogens is 2. The van der Waals surface area contributed by atoms with Crippen molar-refractivity contribution in [2.45, 2.75) is 29.4 Å². The standard InChI is InChI=1S/C24H20Cl2N2O5S/c25-16-6-5-15(21(26)12-16)13-33-17-7-9-18(10-8-17)34(31,32)28-24(23(29)27-30)20-11-14-3-1-2-4-19(14)22(20)24/h1-10,12,20,22,28,30H,11,13H2,(H,27,29)/t20-,22+,24+/m0/s1. The Hall–Kier alpha value is -2.62. The molecule has 176 valence electrons. The molecule has 3 N–H and O–H groups in total. The van der Waals surface area contributed by atoms with Crippen LogP contribution in [0, 0.1) is 5.92 Å². The van der Waals surface area contributed by atoms with Gasteiger partial charge in [0.05, 0.1) is 4.90 Å². The molecular formula is C24H20Cl2N2O5S. The van der Waals surface area contributed by atoms with Crippen LogP contribution in [0.4, 0.5) is 0 Å². The Labute approximate surface area is 206 Å². The molecule has 1 fully saturated rings. The minimum absolute atomic E-state index is 0.0206. The molecule has 0 heterocycles. The molecule has 2 aliphatic rings. The van der Waals surface area contributed by atoms with Crippen LogP contribution in [0.25, 0.3) is 0 Å². The van der Waals surface area contributed by atoms with Crippen molar-refractivity contribution in [3.8, 4) is 5.75 Å². The predicted octanol–water partition coefficient (Wildman–Crippen LogP) is 4.06. The van der Waals surface area contributed by atoms with Crippen molar-refractivity contribution < 1.29 is 23.2 Å². The fourth-order valence-electron chi connectivity index (χ4n) is 4.84. The summed E-state index contributed by atoms with van der Waals surface area (Å²) in [6.45, 7) is 0.183. The van der Waals surface area contributed by atoms with Gasteiger partial charge in [-0.3, -0.25) is 10.0 Å². The number of hydrogen-bond acceptors (Lipinski definition) is 5. The molecule has 0 spiro atoms. The third-order valence-corrected chi connectivity index (χ3v) is 8.61. The van der Waals surface area contributed by atoms with Crippen LogP contribution in [0.3, 0.4) is 0 Å². The highest BCUT2D eigenvalue weighted by Crippen LogP contribution is 2.64. The number of rotatable bonds is 7. The van der Waals surface area contributed by atoms with Crippen LogP contribution < -0.4 is 14.9 Å². The Balaban J connectivity index is 1.33. The quantitative estimate of drug-likeness (QED) is 0.323. The van der Waals surface area contributed by atoms with E-state index in [9.17, 15) is 18.4 Å². The maximum absolute atomic E-state index is 13.2. The number of ether oxygens (including phenoxy) is 1. The van der Waals surface area contributed by atoms with Gasteiger partial charge in [-0.1, -0.05) is 53.5 Å². The van der Waals surface area contributed by atoms with Crippen LogP contribution in [-0.4, -0.2) is 25.1 Å². The lowest BCUT2D eigenvalue weighted by molar-refractivity contribution is -0.132. The van der Waals surface area contributed by atoms with Gasteiger partial charge in [-0.15, -0.1) is 0 Å². The first kappa shape index (κ1) is 23.1. The van der Waals surface area contributed by atoms with Gasteiger partial charge < -0.3 is 4.74 Å². The third-order valence-electron chi connectivity index (χ3n) is 6.52. The molecule has 0 bridgehead atoms. The summed E-state index contributed by atoms with van der Waals surface area (Å²) >= 11 is 12.1. The number of carbonyl (C=O) groups excluding carboxylic acids is 1. The molecule has 34 heavy (non-hydrogen) atoms. The largest absolute Gasteiger partial charge is 0.489 e. The molecule has 2 aliphatic carbocycles. The van der Waals surface area contributed by atoms with Crippen LogP contribution in [0.1, 0.15) is 22.6 Å². The molecule has 0 aliphatic heterocycles. The van der Waals surface area contributed by atoms with E-state index >= 15 is 0 Å². The van der Waals surface area contributed by atoms with Gasteiger partial charge in [0.15, 0.2) is 0 Å². The molecule has 1 amide bonds. The van der Waals surface area contributed by atoms with Gasteiger partial charge in [0.25, 0.3) is 5.91 Å². The molecule has 7 nitrogen and oxygen atoms in total. The monoisotopic (exact) mass is 518 g/mol. The van der Waals surface area contributed by atoms with Gasteiger partial charge in [0.1, 0.15) is 17.9 Å². The van der Waals surface area contributed by atoms with Gasteiger partial charge in [0, 0.05) is 27.4 Å². The summed E-state index contributed by atoms with van der Waals surface area (Å²) in [6.07, 6.45) is 0.552. The van der Waals surface area contributed by atoms with Crippen molar-refractivity contribution >= 4 is 39.1 Å². The fraction of sp³-hybridized carbons (Fsp3) is 0.208. The molecule has 0 saturated heterocycles. The molecule has 3 aromatic rings. The summed E-state index contributed by atoms with van der Waals surface area (Å²) in [6, 6.07) is 18.6. The molecule has 10 heteroatoms. The van der Waals surface area contributed by atoms with Crippen molar-refractivity contribution in [1.82, 2.24) is 10.2 Å². The van der Waals surface area contributed by atoms with E-state index < -0.39 is 21.5 Å². The number of sulfonamides is 1. The SMILES string of the molecule is O=C(NO)[C@]1(NS(=O)(=O)c2ccc(OCc3ccc(Cl)cc3Cl)cc2)[C@@H]2c3ccccc3C[C@@H]21. The Morgan fingerprint density at radius 3 is 2.53 bits per heavy atom. The van der Waals surface area contributed by atoms with E-state index in [1.54, 1.807) is 23.7 Å². The summed E-state index contributed by atoms with van der Waals surface area (Å²) in [5.74, 6) is -0.915. The van der Waals surface area contributed by atoms with Crippen molar-refractivity contribution in [1.29, 1.82) is 0 Å². The van der Waals surface area contributed by atoms with Gasteiger partial charge in [-0.25, -0.2) is 13.9 Å².